The predicted octanol–water partition coefficient (Wildman–Crippen LogP) is 1.86. The molecule has 0 amide bonds. The van der Waals surface area contributed by atoms with Crippen LogP contribution >= 0.6 is 22.6 Å². The molecule has 3 N–H and O–H groups in total. The number of nitrogens with two attached hydrogens (primary N) is 1. The van der Waals surface area contributed by atoms with Crippen molar-refractivity contribution in [1.29, 1.82) is 0 Å². The van der Waals surface area contributed by atoms with Gasteiger partial charge in [0.1, 0.15) is 0 Å². The lowest BCUT2D eigenvalue weighted by Crippen LogP contribution is -2.49. The molecule has 1 aliphatic heterocycles. The Balaban J connectivity index is 2.37. The van der Waals surface area contributed by atoms with Crippen LogP contribution in [0, 0.1) is 8.99 Å². The molecule has 0 spiro atoms. The minimum atomic E-state index is -0.942. The van der Waals surface area contributed by atoms with E-state index in [4.69, 9.17) is 10.5 Å². The Morgan fingerprint density at radius 1 is 1.47 bits per heavy atom. The molecule has 1 saturated heterocycles. The van der Waals surface area contributed by atoms with Gasteiger partial charge in [-0.05, 0) is 53.6 Å². The van der Waals surface area contributed by atoms with Gasteiger partial charge in [0.15, 0.2) is 0 Å². The maximum atomic E-state index is 10.9. The van der Waals surface area contributed by atoms with Crippen LogP contribution in [0.4, 0.5) is 0 Å². The molecule has 1 aliphatic rings. The van der Waals surface area contributed by atoms with Crippen molar-refractivity contribution in [3.8, 4) is 0 Å². The Morgan fingerprint density at radius 3 is 2.59 bits per heavy atom. The van der Waals surface area contributed by atoms with Crippen LogP contribution in [-0.4, -0.2) is 24.9 Å². The van der Waals surface area contributed by atoms with Crippen LogP contribution in [0.3, 0.4) is 0 Å². The Labute approximate surface area is 115 Å². The maximum absolute atomic E-state index is 10.9. The lowest BCUT2D eigenvalue weighted by atomic mass is 9.69. The maximum Gasteiger partial charge on any atom is 0.0959 e. The van der Waals surface area contributed by atoms with Gasteiger partial charge in [0.25, 0.3) is 0 Å². The zero-order valence-electron chi connectivity index (χ0n) is 9.95. The number of rotatable bonds is 3. The van der Waals surface area contributed by atoms with E-state index in [1.54, 1.807) is 0 Å². The van der Waals surface area contributed by atoms with Gasteiger partial charge in [0.2, 0.25) is 0 Å². The first-order valence-corrected chi connectivity index (χ1v) is 6.86. The molecule has 0 aliphatic carbocycles. The molecule has 0 saturated carbocycles. The second-order valence-electron chi connectivity index (χ2n) is 4.87. The average molecular weight is 347 g/mol. The Morgan fingerprint density at radius 2 is 2.12 bits per heavy atom. The third-order valence-electron chi connectivity index (χ3n) is 3.93. The van der Waals surface area contributed by atoms with Crippen LogP contribution in [-0.2, 0) is 10.3 Å². The fraction of sp³-hybridized carbons (Fsp3) is 0.538. The first-order valence-electron chi connectivity index (χ1n) is 5.78. The van der Waals surface area contributed by atoms with E-state index in [0.717, 1.165) is 15.6 Å². The van der Waals surface area contributed by atoms with Crippen molar-refractivity contribution < 1.29 is 9.84 Å². The Kier molecular flexibility index (Phi) is 3.77. The van der Waals surface area contributed by atoms with Crippen LogP contribution in [0.25, 0.3) is 0 Å². The summed E-state index contributed by atoms with van der Waals surface area (Å²) < 4.78 is 6.60. The molecule has 0 aromatic heterocycles. The molecule has 17 heavy (non-hydrogen) atoms. The zero-order chi connectivity index (χ0) is 12.5. The highest BCUT2D eigenvalue weighted by atomic mass is 127. The van der Waals surface area contributed by atoms with E-state index in [-0.39, 0.29) is 5.41 Å². The van der Waals surface area contributed by atoms with Crippen molar-refractivity contribution in [2.24, 2.45) is 11.1 Å². The van der Waals surface area contributed by atoms with Crippen LogP contribution < -0.4 is 5.73 Å². The van der Waals surface area contributed by atoms with Gasteiger partial charge in [0, 0.05) is 22.1 Å². The first kappa shape index (κ1) is 13.3. The molecule has 1 heterocycles. The number of ether oxygens (including phenoxy) is 1. The Bertz CT molecular complexity index is 383. The molecular weight excluding hydrogens is 329 g/mol. The monoisotopic (exact) mass is 347 g/mol. The summed E-state index contributed by atoms with van der Waals surface area (Å²) in [5, 5.41) is 10.9. The fourth-order valence-electron chi connectivity index (χ4n) is 2.43. The molecule has 1 aromatic rings. The number of hydrogen-bond acceptors (Lipinski definition) is 3. The van der Waals surface area contributed by atoms with Gasteiger partial charge in [-0.15, -0.1) is 0 Å². The SMILES string of the molecule is CC(O)(c1ccc(I)cc1)C1(CN)CCOC1. The third kappa shape index (κ3) is 2.23. The van der Waals surface area contributed by atoms with Crippen molar-refractivity contribution in [1.82, 2.24) is 0 Å². The fourth-order valence-corrected chi connectivity index (χ4v) is 2.79. The molecule has 94 valence electrons. The summed E-state index contributed by atoms with van der Waals surface area (Å²) in [4.78, 5) is 0. The highest BCUT2D eigenvalue weighted by Gasteiger charge is 2.49. The second-order valence-corrected chi connectivity index (χ2v) is 6.11. The van der Waals surface area contributed by atoms with Gasteiger partial charge in [-0.2, -0.15) is 0 Å². The molecule has 3 nitrogen and oxygen atoms in total. The summed E-state index contributed by atoms with van der Waals surface area (Å²) in [5.41, 5.74) is 5.49. The number of hydrogen-bond donors (Lipinski definition) is 2. The van der Waals surface area contributed by atoms with Gasteiger partial charge < -0.3 is 15.6 Å². The van der Waals surface area contributed by atoms with E-state index in [1.165, 1.54) is 0 Å². The molecular formula is C13H18INO2. The zero-order valence-corrected chi connectivity index (χ0v) is 12.1. The van der Waals surface area contributed by atoms with Crippen molar-refractivity contribution in [3.63, 3.8) is 0 Å². The van der Waals surface area contributed by atoms with Crippen molar-refractivity contribution >= 4 is 22.6 Å². The summed E-state index contributed by atoms with van der Waals surface area (Å²) in [6.45, 7) is 3.49. The van der Waals surface area contributed by atoms with Gasteiger partial charge in [-0.3, -0.25) is 0 Å². The van der Waals surface area contributed by atoms with Crippen LogP contribution in [0.15, 0.2) is 24.3 Å². The summed E-state index contributed by atoms with van der Waals surface area (Å²) in [6.07, 6.45) is 0.808. The highest BCUT2D eigenvalue weighted by molar-refractivity contribution is 14.1. The van der Waals surface area contributed by atoms with Crippen molar-refractivity contribution in [2.45, 2.75) is 18.9 Å². The van der Waals surface area contributed by atoms with E-state index >= 15 is 0 Å². The van der Waals surface area contributed by atoms with Crippen LogP contribution in [0.1, 0.15) is 18.9 Å². The minimum Gasteiger partial charge on any atom is -0.385 e. The lowest BCUT2D eigenvalue weighted by Gasteiger charge is -2.41. The summed E-state index contributed by atoms with van der Waals surface area (Å²) in [5.74, 6) is 0. The number of benzene rings is 1. The molecule has 2 atom stereocenters. The smallest absolute Gasteiger partial charge is 0.0959 e. The molecule has 4 heteroatoms. The quantitative estimate of drug-likeness (QED) is 0.821. The topological polar surface area (TPSA) is 55.5 Å². The normalized spacial score (nSPS) is 28.0. The average Bonchev–Trinajstić information content (AvgIpc) is 2.79. The number of halogens is 1. The molecule has 0 bridgehead atoms. The number of aliphatic hydroxyl groups is 1. The van der Waals surface area contributed by atoms with Gasteiger partial charge in [-0.25, -0.2) is 0 Å². The van der Waals surface area contributed by atoms with Crippen LogP contribution in [0.5, 0.6) is 0 Å². The van der Waals surface area contributed by atoms with E-state index in [1.807, 2.05) is 31.2 Å². The largest absolute Gasteiger partial charge is 0.385 e. The lowest BCUT2D eigenvalue weighted by molar-refractivity contribution is -0.0747. The van der Waals surface area contributed by atoms with Crippen LogP contribution in [0.2, 0.25) is 0 Å². The second kappa shape index (κ2) is 4.84. The highest BCUT2D eigenvalue weighted by Crippen LogP contribution is 2.45. The van der Waals surface area contributed by atoms with Gasteiger partial charge in [0.05, 0.1) is 12.2 Å². The molecule has 2 rings (SSSR count). The molecule has 2 unspecified atom stereocenters. The third-order valence-corrected chi connectivity index (χ3v) is 4.65. The summed E-state index contributed by atoms with van der Waals surface area (Å²) in [7, 11) is 0. The molecule has 1 fully saturated rings. The summed E-state index contributed by atoms with van der Waals surface area (Å²) in [6, 6.07) is 7.95. The van der Waals surface area contributed by atoms with E-state index in [0.29, 0.717) is 19.8 Å². The van der Waals surface area contributed by atoms with Gasteiger partial charge in [-0.1, -0.05) is 12.1 Å². The standard InChI is InChI=1S/C13H18INO2/c1-12(16,10-2-4-11(14)5-3-10)13(8-15)6-7-17-9-13/h2-5,16H,6-9,15H2,1H3. The van der Waals surface area contributed by atoms with Crippen molar-refractivity contribution in [2.75, 3.05) is 19.8 Å². The van der Waals surface area contributed by atoms with Gasteiger partial charge >= 0.3 is 0 Å². The van der Waals surface area contributed by atoms with E-state index < -0.39 is 5.60 Å². The van der Waals surface area contributed by atoms with Crippen molar-refractivity contribution in [3.05, 3.63) is 33.4 Å². The molecule has 1 aromatic carbocycles. The summed E-state index contributed by atoms with van der Waals surface area (Å²) >= 11 is 2.25. The Hall–Kier alpha value is -0.170. The predicted molar refractivity (Wildman–Crippen MR) is 75.7 cm³/mol. The van der Waals surface area contributed by atoms with E-state index in [2.05, 4.69) is 22.6 Å². The van der Waals surface area contributed by atoms with E-state index in [9.17, 15) is 5.11 Å². The minimum absolute atomic E-state index is 0.361. The first-order chi connectivity index (χ1) is 8.02. The molecule has 0 radical (unpaired) electrons.